The summed E-state index contributed by atoms with van der Waals surface area (Å²) < 4.78 is 40.0. The molecule has 0 radical (unpaired) electrons. The van der Waals surface area contributed by atoms with Crippen molar-refractivity contribution in [2.45, 2.75) is 6.61 Å². The summed E-state index contributed by atoms with van der Waals surface area (Å²) in [5.74, 6) is 0.217. The van der Waals surface area contributed by atoms with Gasteiger partial charge in [0.15, 0.2) is 0 Å². The average molecular weight is 526 g/mol. The van der Waals surface area contributed by atoms with Gasteiger partial charge in [0.25, 0.3) is 5.89 Å². The largest absolute Gasteiger partial charge is 0.486 e. The van der Waals surface area contributed by atoms with E-state index in [9.17, 15) is 8.78 Å². The molecule has 2 heterocycles. The lowest BCUT2D eigenvalue weighted by Crippen LogP contribution is -1.96. The number of hydrogen-bond donors (Lipinski definition) is 0. The van der Waals surface area contributed by atoms with Crippen LogP contribution < -0.4 is 4.74 Å². The van der Waals surface area contributed by atoms with Gasteiger partial charge in [0.1, 0.15) is 29.0 Å². The van der Waals surface area contributed by atoms with Crippen molar-refractivity contribution in [1.82, 2.24) is 15.1 Å². The maximum absolute atomic E-state index is 14.0. The minimum atomic E-state index is -0.645. The maximum atomic E-state index is 14.0. The molecule has 0 aliphatic carbocycles. The Balaban J connectivity index is 1.26. The predicted molar refractivity (Wildman–Crippen MR) is 125 cm³/mol. The molecule has 0 fully saturated rings. The van der Waals surface area contributed by atoms with Gasteiger partial charge in [-0.15, -0.1) is 11.3 Å². The first-order chi connectivity index (χ1) is 16.1. The fourth-order valence-corrected chi connectivity index (χ4v) is 4.25. The Morgan fingerprint density at radius 2 is 1.67 bits per heavy atom. The Morgan fingerprint density at radius 1 is 0.909 bits per heavy atom. The smallest absolute Gasteiger partial charge is 0.258 e. The van der Waals surface area contributed by atoms with E-state index in [1.54, 1.807) is 17.5 Å². The summed E-state index contributed by atoms with van der Waals surface area (Å²) in [5.41, 5.74) is 1.72. The maximum Gasteiger partial charge on any atom is 0.258 e. The van der Waals surface area contributed by atoms with Crippen LogP contribution >= 0.6 is 27.3 Å². The highest BCUT2D eigenvalue weighted by molar-refractivity contribution is 9.10. The van der Waals surface area contributed by atoms with Crippen molar-refractivity contribution in [1.29, 1.82) is 0 Å². The van der Waals surface area contributed by atoms with Crippen molar-refractivity contribution < 1.29 is 18.0 Å². The SMILES string of the molecule is Fc1cccc(F)c1-c1csc(COc2ccc(-c3noc(-c4cccc(Br)c4)n3)cc2)n1. The Morgan fingerprint density at radius 3 is 2.42 bits per heavy atom. The van der Waals surface area contributed by atoms with Crippen molar-refractivity contribution in [2.75, 3.05) is 0 Å². The van der Waals surface area contributed by atoms with Crippen LogP contribution in [0, 0.1) is 11.6 Å². The van der Waals surface area contributed by atoms with Crippen LogP contribution in [0.2, 0.25) is 0 Å². The molecule has 0 saturated carbocycles. The number of rotatable bonds is 6. The Bertz CT molecular complexity index is 1400. The molecule has 9 heteroatoms. The molecule has 5 rings (SSSR count). The van der Waals surface area contributed by atoms with Crippen LogP contribution in [0.3, 0.4) is 0 Å². The van der Waals surface area contributed by atoms with E-state index >= 15 is 0 Å². The summed E-state index contributed by atoms with van der Waals surface area (Å²) in [7, 11) is 0. The van der Waals surface area contributed by atoms with Crippen LogP contribution in [-0.4, -0.2) is 15.1 Å². The molecule has 164 valence electrons. The quantitative estimate of drug-likeness (QED) is 0.235. The van der Waals surface area contributed by atoms with E-state index in [1.807, 2.05) is 36.4 Å². The third-order valence-corrected chi connectivity index (χ3v) is 6.06. The number of thiazole rings is 1. The fraction of sp³-hybridized carbons (Fsp3) is 0.0417. The van der Waals surface area contributed by atoms with Gasteiger partial charge in [-0.25, -0.2) is 13.8 Å². The zero-order valence-electron chi connectivity index (χ0n) is 16.8. The number of benzene rings is 3. The van der Waals surface area contributed by atoms with Crippen LogP contribution in [0.4, 0.5) is 8.78 Å². The zero-order valence-corrected chi connectivity index (χ0v) is 19.2. The molecule has 2 aromatic heterocycles. The molecule has 0 spiro atoms. The first-order valence-electron chi connectivity index (χ1n) is 9.78. The Kier molecular flexibility index (Phi) is 5.97. The molecular formula is C24H14BrF2N3O2S. The normalized spacial score (nSPS) is 11.0. The lowest BCUT2D eigenvalue weighted by molar-refractivity contribution is 0.305. The van der Waals surface area contributed by atoms with Crippen LogP contribution in [0.25, 0.3) is 34.1 Å². The van der Waals surface area contributed by atoms with Gasteiger partial charge in [-0.3, -0.25) is 0 Å². The van der Waals surface area contributed by atoms with Crippen molar-refractivity contribution in [3.63, 3.8) is 0 Å². The molecule has 0 aliphatic heterocycles. The van der Waals surface area contributed by atoms with Crippen molar-refractivity contribution in [3.8, 4) is 39.8 Å². The van der Waals surface area contributed by atoms with E-state index in [1.165, 1.54) is 29.5 Å². The van der Waals surface area contributed by atoms with E-state index in [0.29, 0.717) is 22.5 Å². The third-order valence-electron chi connectivity index (χ3n) is 4.74. The molecule has 0 atom stereocenters. The van der Waals surface area contributed by atoms with E-state index in [2.05, 4.69) is 31.1 Å². The molecule has 3 aromatic carbocycles. The summed E-state index contributed by atoms with van der Waals surface area (Å²) >= 11 is 4.71. The van der Waals surface area contributed by atoms with Crippen LogP contribution in [-0.2, 0) is 6.61 Å². The van der Waals surface area contributed by atoms with E-state index in [4.69, 9.17) is 9.26 Å². The lowest BCUT2D eigenvalue weighted by Gasteiger charge is -2.04. The van der Waals surface area contributed by atoms with Crippen LogP contribution in [0.1, 0.15) is 5.01 Å². The molecule has 33 heavy (non-hydrogen) atoms. The van der Waals surface area contributed by atoms with Gasteiger partial charge >= 0.3 is 0 Å². The molecule has 0 bridgehead atoms. The third kappa shape index (κ3) is 4.69. The number of halogens is 3. The number of ether oxygens (including phenoxy) is 1. The van der Waals surface area contributed by atoms with Gasteiger partial charge in [-0.2, -0.15) is 4.98 Å². The van der Waals surface area contributed by atoms with E-state index in [-0.39, 0.29) is 17.9 Å². The first kappa shape index (κ1) is 21.4. The van der Waals surface area contributed by atoms with Gasteiger partial charge in [-0.1, -0.05) is 33.2 Å². The summed E-state index contributed by atoms with van der Waals surface area (Å²) in [4.78, 5) is 8.75. The lowest BCUT2D eigenvalue weighted by atomic mass is 10.1. The zero-order chi connectivity index (χ0) is 22.8. The van der Waals surface area contributed by atoms with Gasteiger partial charge < -0.3 is 9.26 Å². The molecule has 5 nitrogen and oxygen atoms in total. The Hall–Kier alpha value is -3.43. The molecule has 0 amide bonds. The van der Waals surface area contributed by atoms with Gasteiger partial charge in [-0.05, 0) is 54.6 Å². The highest BCUT2D eigenvalue weighted by Crippen LogP contribution is 2.29. The number of aromatic nitrogens is 3. The van der Waals surface area contributed by atoms with Crippen molar-refractivity contribution in [3.05, 3.63) is 93.2 Å². The second kappa shape index (κ2) is 9.21. The molecule has 0 saturated heterocycles. The topological polar surface area (TPSA) is 61.0 Å². The van der Waals surface area contributed by atoms with E-state index < -0.39 is 11.6 Å². The first-order valence-corrected chi connectivity index (χ1v) is 11.5. The Labute approximate surface area is 199 Å². The average Bonchev–Trinajstić information content (AvgIpc) is 3.48. The number of hydrogen-bond acceptors (Lipinski definition) is 6. The molecule has 5 aromatic rings. The van der Waals surface area contributed by atoms with E-state index in [0.717, 1.165) is 15.6 Å². The molecule has 0 unspecified atom stereocenters. The highest BCUT2D eigenvalue weighted by Gasteiger charge is 2.15. The second-order valence-corrected chi connectivity index (χ2v) is 8.83. The monoisotopic (exact) mass is 525 g/mol. The van der Waals surface area contributed by atoms with Gasteiger partial charge in [0.05, 0.1) is 11.3 Å². The highest BCUT2D eigenvalue weighted by atomic mass is 79.9. The fourth-order valence-electron chi connectivity index (χ4n) is 3.16. The van der Waals surface area contributed by atoms with Crippen molar-refractivity contribution in [2.24, 2.45) is 0 Å². The van der Waals surface area contributed by atoms with Crippen LogP contribution in [0.5, 0.6) is 5.75 Å². The van der Waals surface area contributed by atoms with Gasteiger partial charge in [0.2, 0.25) is 5.82 Å². The molecule has 0 aliphatic rings. The summed E-state index contributed by atoms with van der Waals surface area (Å²) in [6, 6.07) is 18.6. The van der Waals surface area contributed by atoms with Crippen molar-refractivity contribution >= 4 is 27.3 Å². The summed E-state index contributed by atoms with van der Waals surface area (Å²) in [6.07, 6.45) is 0. The molecule has 0 N–H and O–H groups in total. The minimum absolute atomic E-state index is 0.133. The van der Waals surface area contributed by atoms with Gasteiger partial charge in [0, 0.05) is 21.0 Å². The minimum Gasteiger partial charge on any atom is -0.486 e. The predicted octanol–water partition coefficient (Wildman–Crippen LogP) is 7.15. The summed E-state index contributed by atoms with van der Waals surface area (Å²) in [6.45, 7) is 0.176. The summed E-state index contributed by atoms with van der Waals surface area (Å²) in [5, 5.41) is 6.27. The van der Waals surface area contributed by atoms with Crippen LogP contribution in [0.15, 0.2) is 81.1 Å². The number of nitrogens with zero attached hydrogens (tertiary/aromatic N) is 3. The molecular weight excluding hydrogens is 512 g/mol. The standard InChI is InChI=1S/C24H14BrF2N3O2S/c25-16-4-1-3-15(11-16)24-29-23(30-32-24)14-7-9-17(10-8-14)31-12-21-28-20(13-33-21)22-18(26)5-2-6-19(22)27/h1-11,13H,12H2. The second-order valence-electron chi connectivity index (χ2n) is 6.97.